The van der Waals surface area contributed by atoms with E-state index >= 15 is 0 Å². The van der Waals surface area contributed by atoms with Crippen molar-refractivity contribution >= 4 is 22.6 Å². The van der Waals surface area contributed by atoms with Crippen LogP contribution < -0.4 is 16.1 Å². The summed E-state index contributed by atoms with van der Waals surface area (Å²) in [7, 11) is 1.56. The Morgan fingerprint density at radius 3 is 2.66 bits per heavy atom. The largest absolute Gasteiger partial charge is 0.459 e. The molecule has 4 heterocycles. The lowest BCUT2D eigenvalue weighted by Gasteiger charge is -2.36. The molecule has 0 N–H and O–H groups in total. The molecule has 0 spiro atoms. The smallest absolute Gasteiger partial charge is 0.333 e. The SMILES string of the molecule is C#CCn1c(=O)c2c(N3CCN(C(=O)c4ccco4)CC3)ccnc2n(C)c1=O. The van der Waals surface area contributed by atoms with Crippen LogP contribution >= 0.6 is 0 Å². The number of hydrogen-bond donors (Lipinski definition) is 0. The minimum atomic E-state index is -0.501. The molecule has 3 aromatic heterocycles. The second-order valence-corrected chi connectivity index (χ2v) is 6.72. The Morgan fingerprint density at radius 1 is 1.24 bits per heavy atom. The van der Waals surface area contributed by atoms with E-state index in [1.54, 1.807) is 36.3 Å². The van der Waals surface area contributed by atoms with Crippen molar-refractivity contribution in [2.45, 2.75) is 6.54 Å². The van der Waals surface area contributed by atoms with Gasteiger partial charge in [-0.3, -0.25) is 14.2 Å². The summed E-state index contributed by atoms with van der Waals surface area (Å²) in [4.78, 5) is 45.9. The molecule has 1 aliphatic heterocycles. The number of nitrogens with zero attached hydrogens (tertiary/aromatic N) is 5. The normalized spacial score (nSPS) is 14.2. The van der Waals surface area contributed by atoms with Gasteiger partial charge in [-0.15, -0.1) is 6.42 Å². The third-order valence-corrected chi connectivity index (χ3v) is 5.09. The summed E-state index contributed by atoms with van der Waals surface area (Å²) in [5.41, 5.74) is 0.0172. The molecule has 1 fully saturated rings. The number of fused-ring (bicyclic) bond motifs is 1. The average molecular weight is 393 g/mol. The van der Waals surface area contributed by atoms with E-state index in [2.05, 4.69) is 10.9 Å². The molecule has 1 amide bonds. The number of carbonyl (C=O) groups excluding carboxylic acids is 1. The van der Waals surface area contributed by atoms with Gasteiger partial charge in [0.15, 0.2) is 11.4 Å². The third-order valence-electron chi connectivity index (χ3n) is 5.09. The number of terminal acetylenes is 1. The molecule has 1 saturated heterocycles. The molecular weight excluding hydrogens is 374 g/mol. The fourth-order valence-corrected chi connectivity index (χ4v) is 3.59. The number of amides is 1. The number of rotatable bonds is 3. The minimum absolute atomic E-state index is 0.110. The topological polar surface area (TPSA) is 93.6 Å². The quantitative estimate of drug-likeness (QED) is 0.594. The molecule has 0 unspecified atom stereocenters. The minimum Gasteiger partial charge on any atom is -0.459 e. The molecule has 0 aromatic carbocycles. The standard InChI is InChI=1S/C20H19N5O4/c1-3-8-25-19(27)16-14(6-7-21-17(16)22(2)20(25)28)23-9-11-24(12-10-23)18(26)15-5-4-13-29-15/h1,4-7,13H,8-12H2,2H3. The van der Waals surface area contributed by atoms with E-state index in [-0.39, 0.29) is 12.5 Å². The van der Waals surface area contributed by atoms with Crippen LogP contribution in [0, 0.1) is 12.3 Å². The van der Waals surface area contributed by atoms with E-state index in [4.69, 9.17) is 10.8 Å². The molecule has 1 aliphatic rings. The summed E-state index contributed by atoms with van der Waals surface area (Å²) in [5, 5.41) is 0.343. The molecule has 0 atom stereocenters. The van der Waals surface area contributed by atoms with Crippen LogP contribution in [0.5, 0.6) is 0 Å². The first-order chi connectivity index (χ1) is 14.0. The summed E-state index contributed by atoms with van der Waals surface area (Å²) in [6.45, 7) is 1.91. The van der Waals surface area contributed by atoms with Crippen LogP contribution in [0.15, 0.2) is 44.7 Å². The maximum Gasteiger partial charge on any atom is 0.333 e. The van der Waals surface area contributed by atoms with Crippen LogP contribution in [0.2, 0.25) is 0 Å². The first-order valence-electron chi connectivity index (χ1n) is 9.12. The van der Waals surface area contributed by atoms with Gasteiger partial charge in [0.2, 0.25) is 0 Å². The Kier molecular flexibility index (Phi) is 4.68. The second kappa shape index (κ2) is 7.31. The fraction of sp³-hybridized carbons (Fsp3) is 0.300. The Morgan fingerprint density at radius 2 is 2.00 bits per heavy atom. The average Bonchev–Trinajstić information content (AvgIpc) is 3.29. The predicted molar refractivity (Wildman–Crippen MR) is 107 cm³/mol. The van der Waals surface area contributed by atoms with Crippen LogP contribution in [-0.4, -0.2) is 51.1 Å². The molecule has 29 heavy (non-hydrogen) atoms. The summed E-state index contributed by atoms with van der Waals surface area (Å²) in [6, 6.07) is 5.07. The van der Waals surface area contributed by atoms with Gasteiger partial charge in [-0.1, -0.05) is 5.92 Å². The lowest BCUT2D eigenvalue weighted by molar-refractivity contribution is 0.0715. The summed E-state index contributed by atoms with van der Waals surface area (Å²) in [5.74, 6) is 2.50. The predicted octanol–water partition coefficient (Wildman–Crippen LogP) is 0.284. The van der Waals surface area contributed by atoms with Crippen molar-refractivity contribution in [3.8, 4) is 12.3 Å². The number of hydrogen-bond acceptors (Lipinski definition) is 6. The highest BCUT2D eigenvalue weighted by atomic mass is 16.3. The highest BCUT2D eigenvalue weighted by Crippen LogP contribution is 2.23. The first kappa shape index (κ1) is 18.6. The molecule has 0 aliphatic carbocycles. The van der Waals surface area contributed by atoms with Crippen molar-refractivity contribution in [2.24, 2.45) is 7.05 Å². The maximum absolute atomic E-state index is 13.0. The van der Waals surface area contributed by atoms with Gasteiger partial charge in [0.05, 0.1) is 18.5 Å². The van der Waals surface area contributed by atoms with Gasteiger partial charge < -0.3 is 14.2 Å². The third kappa shape index (κ3) is 3.08. The summed E-state index contributed by atoms with van der Waals surface area (Å²) >= 11 is 0. The highest BCUT2D eigenvalue weighted by Gasteiger charge is 2.26. The lowest BCUT2D eigenvalue weighted by Crippen LogP contribution is -2.49. The molecule has 0 saturated carbocycles. The maximum atomic E-state index is 13.0. The van der Waals surface area contributed by atoms with Crippen molar-refractivity contribution in [3.63, 3.8) is 0 Å². The van der Waals surface area contributed by atoms with E-state index in [9.17, 15) is 14.4 Å². The fourth-order valence-electron chi connectivity index (χ4n) is 3.59. The van der Waals surface area contributed by atoms with Crippen LogP contribution in [0.3, 0.4) is 0 Å². The van der Waals surface area contributed by atoms with Gasteiger partial charge in [0, 0.05) is 39.4 Å². The molecule has 3 aromatic rings. The summed E-state index contributed by atoms with van der Waals surface area (Å²) in [6.07, 6.45) is 8.37. The Labute approximate surface area is 165 Å². The van der Waals surface area contributed by atoms with Gasteiger partial charge >= 0.3 is 5.69 Å². The van der Waals surface area contributed by atoms with E-state index in [1.165, 1.54) is 10.8 Å². The highest BCUT2D eigenvalue weighted by molar-refractivity contribution is 5.92. The van der Waals surface area contributed by atoms with Crippen molar-refractivity contribution < 1.29 is 9.21 Å². The van der Waals surface area contributed by atoms with Crippen molar-refractivity contribution in [3.05, 3.63) is 57.3 Å². The number of piperazine rings is 1. The monoisotopic (exact) mass is 393 g/mol. The van der Waals surface area contributed by atoms with E-state index in [0.29, 0.717) is 48.7 Å². The Bertz CT molecular complexity index is 1220. The van der Waals surface area contributed by atoms with Gasteiger partial charge in [-0.05, 0) is 18.2 Å². The number of aryl methyl sites for hydroxylation is 1. The van der Waals surface area contributed by atoms with Gasteiger partial charge in [0.25, 0.3) is 11.5 Å². The van der Waals surface area contributed by atoms with E-state index < -0.39 is 11.2 Å². The van der Waals surface area contributed by atoms with Crippen LogP contribution in [0.4, 0.5) is 5.69 Å². The van der Waals surface area contributed by atoms with Crippen LogP contribution in [-0.2, 0) is 13.6 Å². The zero-order chi connectivity index (χ0) is 20.5. The zero-order valence-electron chi connectivity index (χ0n) is 15.9. The number of pyridine rings is 1. The molecule has 9 nitrogen and oxygen atoms in total. The van der Waals surface area contributed by atoms with E-state index in [1.807, 2.05) is 4.90 Å². The van der Waals surface area contributed by atoms with Crippen LogP contribution in [0.1, 0.15) is 10.6 Å². The molecule has 9 heteroatoms. The molecule has 0 radical (unpaired) electrons. The lowest BCUT2D eigenvalue weighted by atomic mass is 10.2. The first-order valence-corrected chi connectivity index (χ1v) is 9.12. The molecule has 4 rings (SSSR count). The number of aromatic nitrogens is 3. The van der Waals surface area contributed by atoms with Gasteiger partial charge in [-0.25, -0.2) is 14.3 Å². The Balaban J connectivity index is 1.69. The number of carbonyl (C=O) groups is 1. The van der Waals surface area contributed by atoms with Crippen molar-refractivity contribution in [2.75, 3.05) is 31.1 Å². The van der Waals surface area contributed by atoms with Crippen LogP contribution in [0.25, 0.3) is 11.0 Å². The van der Waals surface area contributed by atoms with E-state index in [0.717, 1.165) is 4.57 Å². The number of anilines is 1. The second-order valence-electron chi connectivity index (χ2n) is 6.72. The zero-order valence-corrected chi connectivity index (χ0v) is 15.9. The van der Waals surface area contributed by atoms with Gasteiger partial charge in [-0.2, -0.15) is 0 Å². The van der Waals surface area contributed by atoms with Crippen molar-refractivity contribution in [1.29, 1.82) is 0 Å². The van der Waals surface area contributed by atoms with Gasteiger partial charge in [0.1, 0.15) is 5.39 Å². The number of furan rings is 1. The molecule has 0 bridgehead atoms. The summed E-state index contributed by atoms with van der Waals surface area (Å²) < 4.78 is 7.55. The van der Waals surface area contributed by atoms with Crippen molar-refractivity contribution in [1.82, 2.24) is 19.0 Å². The molecule has 148 valence electrons. The Hall–Kier alpha value is -3.80. The molecular formula is C20H19N5O4.